The maximum absolute atomic E-state index is 11.1. The summed E-state index contributed by atoms with van der Waals surface area (Å²) >= 11 is 0. The number of aromatic carboxylic acids is 1. The number of pyridine rings is 1. The lowest BCUT2D eigenvalue weighted by Crippen LogP contribution is -2.01. The molecule has 0 bridgehead atoms. The van der Waals surface area contributed by atoms with E-state index in [0.29, 0.717) is 23.7 Å². The molecule has 0 aliphatic carbocycles. The van der Waals surface area contributed by atoms with E-state index in [1.807, 2.05) is 39.0 Å². The molecule has 0 amide bonds. The molecule has 2 rings (SSSR count). The Morgan fingerprint density at radius 1 is 1.25 bits per heavy atom. The second-order valence-corrected chi connectivity index (χ2v) is 4.72. The van der Waals surface area contributed by atoms with Crippen molar-refractivity contribution in [2.45, 2.75) is 27.2 Å². The first kappa shape index (κ1) is 14.1. The molecule has 0 unspecified atom stereocenters. The number of aryl methyl sites for hydroxylation is 3. The quantitative estimate of drug-likeness (QED) is 0.920. The molecule has 0 spiro atoms. The van der Waals surface area contributed by atoms with E-state index in [9.17, 15) is 4.79 Å². The number of aromatic nitrogens is 1. The van der Waals surface area contributed by atoms with Gasteiger partial charge in [0.25, 0.3) is 0 Å². The highest BCUT2D eigenvalue weighted by molar-refractivity contribution is 5.88. The van der Waals surface area contributed by atoms with Crippen molar-refractivity contribution in [3.63, 3.8) is 0 Å². The number of benzene rings is 1. The Hall–Kier alpha value is -2.36. The summed E-state index contributed by atoms with van der Waals surface area (Å²) in [5.74, 6) is 0.0222. The van der Waals surface area contributed by atoms with Crippen molar-refractivity contribution < 1.29 is 14.6 Å². The van der Waals surface area contributed by atoms with E-state index in [0.717, 1.165) is 11.1 Å². The molecule has 4 heteroatoms. The Labute approximate surface area is 118 Å². The summed E-state index contributed by atoms with van der Waals surface area (Å²) in [6, 6.07) is 8.84. The third-order valence-electron chi connectivity index (χ3n) is 3.01. The summed E-state index contributed by atoms with van der Waals surface area (Å²) in [6.45, 7) is 5.88. The molecule has 0 saturated heterocycles. The molecule has 1 heterocycles. The molecule has 2 aromatic rings. The number of hydrogen-bond donors (Lipinski definition) is 1. The highest BCUT2D eigenvalue weighted by Crippen LogP contribution is 2.25. The molecule has 0 atom stereocenters. The summed E-state index contributed by atoms with van der Waals surface area (Å²) in [6.07, 6.45) is 0.657. The molecular formula is C16H17NO3. The SMILES string of the molecule is CCc1cc(C(=O)O)cc(Oc2ccc(C)cc2C)n1. The van der Waals surface area contributed by atoms with Crippen LogP contribution in [0, 0.1) is 13.8 Å². The van der Waals surface area contributed by atoms with Gasteiger partial charge in [-0.05, 0) is 38.0 Å². The fourth-order valence-corrected chi connectivity index (χ4v) is 1.94. The molecule has 0 aliphatic rings. The first-order valence-electron chi connectivity index (χ1n) is 6.49. The number of carboxylic acid groups (broad SMARTS) is 1. The lowest BCUT2D eigenvalue weighted by atomic mass is 10.1. The van der Waals surface area contributed by atoms with Crippen LogP contribution in [0.15, 0.2) is 30.3 Å². The third kappa shape index (κ3) is 3.15. The van der Waals surface area contributed by atoms with Gasteiger partial charge in [0.2, 0.25) is 5.88 Å². The Kier molecular flexibility index (Phi) is 4.03. The van der Waals surface area contributed by atoms with Crippen molar-refractivity contribution in [1.82, 2.24) is 4.98 Å². The molecule has 0 radical (unpaired) electrons. The lowest BCUT2D eigenvalue weighted by Gasteiger charge is -2.10. The van der Waals surface area contributed by atoms with Gasteiger partial charge in [0.05, 0.1) is 5.56 Å². The summed E-state index contributed by atoms with van der Waals surface area (Å²) in [5, 5.41) is 9.10. The fourth-order valence-electron chi connectivity index (χ4n) is 1.94. The summed E-state index contributed by atoms with van der Waals surface area (Å²) in [4.78, 5) is 15.4. The molecule has 4 nitrogen and oxygen atoms in total. The van der Waals surface area contributed by atoms with Gasteiger partial charge >= 0.3 is 5.97 Å². The summed E-state index contributed by atoms with van der Waals surface area (Å²) in [5.41, 5.74) is 3.03. The zero-order valence-corrected chi connectivity index (χ0v) is 11.8. The molecular weight excluding hydrogens is 254 g/mol. The second kappa shape index (κ2) is 5.74. The minimum Gasteiger partial charge on any atom is -0.478 e. The average Bonchev–Trinajstić information content (AvgIpc) is 2.41. The molecule has 1 aromatic carbocycles. The minimum absolute atomic E-state index is 0.191. The van der Waals surface area contributed by atoms with Crippen LogP contribution in [0.25, 0.3) is 0 Å². The standard InChI is InChI=1S/C16H17NO3/c1-4-13-8-12(16(18)19)9-15(17-13)20-14-6-5-10(2)7-11(14)3/h5-9H,4H2,1-3H3,(H,18,19). The maximum atomic E-state index is 11.1. The van der Waals surface area contributed by atoms with Crippen molar-refractivity contribution in [2.75, 3.05) is 0 Å². The van der Waals surface area contributed by atoms with Gasteiger partial charge in [-0.25, -0.2) is 9.78 Å². The fraction of sp³-hybridized carbons (Fsp3) is 0.250. The number of nitrogens with zero attached hydrogens (tertiary/aromatic N) is 1. The van der Waals surface area contributed by atoms with Gasteiger partial charge in [0.1, 0.15) is 5.75 Å². The lowest BCUT2D eigenvalue weighted by molar-refractivity contribution is 0.0696. The van der Waals surface area contributed by atoms with Crippen LogP contribution in [0.4, 0.5) is 0 Å². The van der Waals surface area contributed by atoms with Gasteiger partial charge in [0.15, 0.2) is 0 Å². The second-order valence-electron chi connectivity index (χ2n) is 4.72. The number of hydrogen-bond acceptors (Lipinski definition) is 3. The van der Waals surface area contributed by atoms with Crippen molar-refractivity contribution in [3.8, 4) is 11.6 Å². The van der Waals surface area contributed by atoms with Crippen LogP contribution in [0.1, 0.15) is 34.1 Å². The molecule has 20 heavy (non-hydrogen) atoms. The number of carbonyl (C=O) groups is 1. The largest absolute Gasteiger partial charge is 0.478 e. The van der Waals surface area contributed by atoms with Gasteiger partial charge in [-0.3, -0.25) is 0 Å². The number of carboxylic acids is 1. The molecule has 1 aromatic heterocycles. The first-order valence-corrected chi connectivity index (χ1v) is 6.49. The molecule has 0 aliphatic heterocycles. The van der Waals surface area contributed by atoms with Crippen LogP contribution in [-0.4, -0.2) is 16.1 Å². The Morgan fingerprint density at radius 2 is 2.00 bits per heavy atom. The highest BCUT2D eigenvalue weighted by atomic mass is 16.5. The van der Waals surface area contributed by atoms with Crippen molar-refractivity contribution >= 4 is 5.97 Å². The zero-order valence-electron chi connectivity index (χ0n) is 11.8. The monoisotopic (exact) mass is 271 g/mol. The normalized spacial score (nSPS) is 10.3. The van der Waals surface area contributed by atoms with Gasteiger partial charge in [0, 0.05) is 11.8 Å². The number of rotatable bonds is 4. The predicted molar refractivity (Wildman–Crippen MR) is 76.6 cm³/mol. The van der Waals surface area contributed by atoms with Crippen LogP contribution in [0.5, 0.6) is 11.6 Å². The van der Waals surface area contributed by atoms with Crippen molar-refractivity contribution in [1.29, 1.82) is 0 Å². The Balaban J connectivity index is 2.37. The van der Waals surface area contributed by atoms with E-state index in [1.54, 1.807) is 6.07 Å². The van der Waals surface area contributed by atoms with E-state index in [4.69, 9.17) is 9.84 Å². The molecule has 104 valence electrons. The van der Waals surface area contributed by atoms with Crippen LogP contribution in [-0.2, 0) is 6.42 Å². The van der Waals surface area contributed by atoms with Crippen molar-refractivity contribution in [3.05, 3.63) is 52.7 Å². The van der Waals surface area contributed by atoms with Gasteiger partial charge in [-0.2, -0.15) is 0 Å². The minimum atomic E-state index is -0.979. The predicted octanol–water partition coefficient (Wildman–Crippen LogP) is 3.75. The average molecular weight is 271 g/mol. The molecule has 1 N–H and O–H groups in total. The van der Waals surface area contributed by atoms with Gasteiger partial charge in [-0.15, -0.1) is 0 Å². The van der Waals surface area contributed by atoms with Gasteiger partial charge in [-0.1, -0.05) is 24.6 Å². The Morgan fingerprint density at radius 3 is 2.60 bits per heavy atom. The van der Waals surface area contributed by atoms with Crippen LogP contribution in [0.2, 0.25) is 0 Å². The molecule has 0 saturated carbocycles. The highest BCUT2D eigenvalue weighted by Gasteiger charge is 2.10. The first-order chi connectivity index (χ1) is 9.49. The Bertz CT molecular complexity index is 650. The van der Waals surface area contributed by atoms with E-state index in [-0.39, 0.29) is 5.56 Å². The van der Waals surface area contributed by atoms with Gasteiger partial charge < -0.3 is 9.84 Å². The van der Waals surface area contributed by atoms with Crippen LogP contribution in [0.3, 0.4) is 0 Å². The van der Waals surface area contributed by atoms with Crippen LogP contribution >= 0.6 is 0 Å². The van der Waals surface area contributed by atoms with E-state index >= 15 is 0 Å². The maximum Gasteiger partial charge on any atom is 0.335 e. The van der Waals surface area contributed by atoms with E-state index in [2.05, 4.69) is 4.98 Å². The van der Waals surface area contributed by atoms with Crippen molar-refractivity contribution in [2.24, 2.45) is 0 Å². The summed E-state index contributed by atoms with van der Waals surface area (Å²) < 4.78 is 5.72. The van der Waals surface area contributed by atoms with E-state index in [1.165, 1.54) is 6.07 Å². The smallest absolute Gasteiger partial charge is 0.335 e. The van der Waals surface area contributed by atoms with E-state index < -0.39 is 5.97 Å². The topological polar surface area (TPSA) is 59.4 Å². The zero-order chi connectivity index (χ0) is 14.7. The third-order valence-corrected chi connectivity index (χ3v) is 3.01. The van der Waals surface area contributed by atoms with Crippen LogP contribution < -0.4 is 4.74 Å². The number of ether oxygens (including phenoxy) is 1. The molecule has 0 fully saturated rings. The summed E-state index contributed by atoms with van der Waals surface area (Å²) in [7, 11) is 0.